The number of alkyl halides is 3. The average molecular weight is 466 g/mol. The molecule has 10 heteroatoms. The molecular weight excluding hydrogens is 435 g/mol. The lowest BCUT2D eigenvalue weighted by Crippen LogP contribution is -2.53. The van der Waals surface area contributed by atoms with E-state index in [4.69, 9.17) is 0 Å². The maximum atomic E-state index is 12.9. The third-order valence-corrected chi connectivity index (χ3v) is 7.16. The van der Waals surface area contributed by atoms with Gasteiger partial charge in [0.25, 0.3) is 0 Å². The monoisotopic (exact) mass is 465 g/mol. The van der Waals surface area contributed by atoms with E-state index in [-0.39, 0.29) is 29.5 Å². The highest BCUT2D eigenvalue weighted by Crippen LogP contribution is 2.37. The zero-order chi connectivity index (χ0) is 23.8. The van der Waals surface area contributed by atoms with E-state index in [1.807, 2.05) is 0 Å². The van der Waals surface area contributed by atoms with Gasteiger partial charge < -0.3 is 15.7 Å². The lowest BCUT2D eigenvalue weighted by atomic mass is 9.88. The number of hydrazine groups is 1. The van der Waals surface area contributed by atoms with Gasteiger partial charge in [-0.05, 0) is 49.4 Å². The van der Waals surface area contributed by atoms with Crippen molar-refractivity contribution in [3.05, 3.63) is 29.3 Å². The van der Waals surface area contributed by atoms with E-state index in [1.165, 1.54) is 19.1 Å². The summed E-state index contributed by atoms with van der Waals surface area (Å²) in [6.07, 6.45) is -2.13. The van der Waals surface area contributed by atoms with E-state index in [9.17, 15) is 28.3 Å². The zero-order valence-electron chi connectivity index (χ0n) is 18.5. The highest BCUT2D eigenvalue weighted by Gasteiger charge is 2.51. The summed E-state index contributed by atoms with van der Waals surface area (Å²) in [5.41, 5.74) is 4.10. The summed E-state index contributed by atoms with van der Waals surface area (Å²) in [4.78, 5) is 12.8. The maximum Gasteiger partial charge on any atom is 0.418 e. The Kier molecular flexibility index (Phi) is 6.84. The van der Waals surface area contributed by atoms with Crippen LogP contribution in [0.5, 0.6) is 0 Å². The van der Waals surface area contributed by atoms with E-state index < -0.39 is 24.4 Å². The number of halogens is 3. The molecule has 1 amide bonds. The molecule has 1 saturated carbocycles. The maximum absolute atomic E-state index is 12.9. The number of anilines is 1. The lowest BCUT2D eigenvalue weighted by Gasteiger charge is -2.36. The Labute approximate surface area is 191 Å². The number of nitrogens with one attached hydrogen (secondary N) is 3. The van der Waals surface area contributed by atoms with Crippen molar-refractivity contribution < 1.29 is 23.1 Å². The van der Waals surface area contributed by atoms with Crippen molar-refractivity contribution in [1.82, 2.24) is 15.8 Å². The van der Waals surface area contributed by atoms with Crippen LogP contribution in [-0.4, -0.2) is 47.0 Å². The Hall–Kier alpha value is -2.35. The summed E-state index contributed by atoms with van der Waals surface area (Å²) in [5.74, 6) is -0.599. The van der Waals surface area contributed by atoms with Gasteiger partial charge in [0.05, 0.1) is 17.9 Å². The first-order chi connectivity index (χ1) is 15.7. The van der Waals surface area contributed by atoms with Gasteiger partial charge in [0.15, 0.2) is 6.10 Å². The van der Waals surface area contributed by atoms with Gasteiger partial charge in [-0.25, -0.2) is 10.4 Å². The molecular formula is C23H30F3N5O2. The van der Waals surface area contributed by atoms with Crippen LogP contribution in [-0.2, 0) is 4.79 Å². The number of rotatable bonds is 4. The first-order valence-corrected chi connectivity index (χ1v) is 11.5. The minimum absolute atomic E-state index is 0.00810. The molecule has 2 aliphatic heterocycles. The van der Waals surface area contributed by atoms with Gasteiger partial charge in [-0.1, -0.05) is 25.3 Å². The molecule has 0 bridgehead atoms. The number of aliphatic hydroxyl groups is 1. The molecule has 0 spiro atoms. The Bertz CT molecular complexity index is 918. The Morgan fingerprint density at radius 2 is 1.97 bits per heavy atom. The first-order valence-electron chi connectivity index (χ1n) is 11.5. The van der Waals surface area contributed by atoms with E-state index in [0.29, 0.717) is 17.8 Å². The number of hydrogen-bond donors (Lipinski definition) is 4. The third-order valence-electron chi connectivity index (χ3n) is 7.16. The van der Waals surface area contributed by atoms with Gasteiger partial charge in [-0.2, -0.15) is 18.4 Å². The van der Waals surface area contributed by atoms with Crippen LogP contribution in [0.15, 0.2) is 18.2 Å². The Morgan fingerprint density at radius 3 is 2.67 bits per heavy atom. The number of benzene rings is 1. The van der Waals surface area contributed by atoms with Crippen molar-refractivity contribution >= 4 is 11.6 Å². The highest BCUT2D eigenvalue weighted by molar-refractivity contribution is 5.82. The molecule has 1 aromatic carbocycles. The van der Waals surface area contributed by atoms with E-state index in [0.717, 1.165) is 38.5 Å². The average Bonchev–Trinajstić information content (AvgIpc) is 2.96. The van der Waals surface area contributed by atoms with Crippen molar-refractivity contribution in [1.29, 1.82) is 5.26 Å². The van der Waals surface area contributed by atoms with Gasteiger partial charge in [-0.15, -0.1) is 0 Å². The molecule has 4 rings (SSSR count). The molecule has 1 aromatic rings. The van der Waals surface area contributed by atoms with Crippen LogP contribution in [0, 0.1) is 30.1 Å². The van der Waals surface area contributed by atoms with Gasteiger partial charge in [-0.3, -0.25) is 4.79 Å². The predicted molar refractivity (Wildman–Crippen MR) is 115 cm³/mol. The topological polar surface area (TPSA) is 100 Å². The van der Waals surface area contributed by atoms with Crippen LogP contribution in [0.4, 0.5) is 18.9 Å². The van der Waals surface area contributed by atoms with Crippen LogP contribution >= 0.6 is 0 Å². The number of carbonyl (C=O) groups excluding carboxylic acids is 1. The minimum atomic E-state index is -4.74. The summed E-state index contributed by atoms with van der Waals surface area (Å²) in [7, 11) is 0. The third kappa shape index (κ3) is 4.81. The summed E-state index contributed by atoms with van der Waals surface area (Å²) < 4.78 is 38.8. The molecule has 2 heterocycles. The highest BCUT2D eigenvalue weighted by atomic mass is 19.4. The van der Waals surface area contributed by atoms with Gasteiger partial charge >= 0.3 is 6.18 Å². The van der Waals surface area contributed by atoms with Gasteiger partial charge in [0.1, 0.15) is 6.17 Å². The normalized spacial score (nSPS) is 31.8. The van der Waals surface area contributed by atoms with Crippen molar-refractivity contribution in [2.75, 3.05) is 11.9 Å². The van der Waals surface area contributed by atoms with Crippen molar-refractivity contribution in [3.8, 4) is 6.07 Å². The number of piperidine rings is 1. The Morgan fingerprint density at radius 1 is 1.21 bits per heavy atom. The second-order valence-electron chi connectivity index (χ2n) is 9.29. The fourth-order valence-corrected chi connectivity index (χ4v) is 5.50. The first kappa shape index (κ1) is 23.8. The molecule has 2 saturated heterocycles. The largest absolute Gasteiger partial charge is 0.418 e. The van der Waals surface area contributed by atoms with Crippen molar-refractivity contribution in [2.45, 2.75) is 76.0 Å². The van der Waals surface area contributed by atoms with E-state index in [1.54, 1.807) is 6.07 Å². The second kappa shape index (κ2) is 9.49. The molecule has 3 fully saturated rings. The number of aliphatic hydroxyl groups excluding tert-OH is 1. The smallest absolute Gasteiger partial charge is 0.379 e. The fourth-order valence-electron chi connectivity index (χ4n) is 5.50. The van der Waals surface area contributed by atoms with Crippen LogP contribution < -0.4 is 16.1 Å². The molecule has 3 aliphatic rings. The summed E-state index contributed by atoms with van der Waals surface area (Å²) in [5, 5.41) is 27.7. The molecule has 7 nitrogen and oxygen atoms in total. The standard InChI is InChI=1S/C23H30F3N5O2/c1-13-11-15(7-8-16(13)20(32)23(24,25)26)29-21-19-18(9-10-28-22(19)33)31(30-21)17-6-4-2-3-5-14(17)12-27/h7-8,11,14,17-21,29-30,32H,2-6,9-10H2,1H3,(H,28,33)/t14-,17+,18?,19?,20?,21?/m0/s1. The van der Waals surface area contributed by atoms with Crippen LogP contribution in [0.2, 0.25) is 0 Å². The number of nitriles is 1. The summed E-state index contributed by atoms with van der Waals surface area (Å²) >= 11 is 0. The molecule has 0 aromatic heterocycles. The molecule has 33 heavy (non-hydrogen) atoms. The molecule has 4 unspecified atom stereocenters. The SMILES string of the molecule is Cc1cc(NC2NN([C@@H]3CCCCC[C@H]3C#N)C3CCNC(=O)C23)ccc1C(O)C(F)(F)F. The van der Waals surface area contributed by atoms with Crippen LogP contribution in [0.1, 0.15) is 55.8 Å². The fraction of sp³-hybridized carbons (Fsp3) is 0.652. The summed E-state index contributed by atoms with van der Waals surface area (Å²) in [6.45, 7) is 2.08. The van der Waals surface area contributed by atoms with Gasteiger partial charge in [0.2, 0.25) is 5.91 Å². The number of carbonyl (C=O) groups is 1. The summed E-state index contributed by atoms with van der Waals surface area (Å²) in [6, 6.07) is 6.70. The van der Waals surface area contributed by atoms with Crippen molar-refractivity contribution in [3.63, 3.8) is 0 Å². The van der Waals surface area contributed by atoms with E-state index >= 15 is 0 Å². The molecule has 4 N–H and O–H groups in total. The number of nitrogens with zero attached hydrogens (tertiary/aromatic N) is 2. The zero-order valence-corrected chi connectivity index (χ0v) is 18.5. The predicted octanol–water partition coefficient (Wildman–Crippen LogP) is 3.13. The molecule has 180 valence electrons. The number of aryl methyl sites for hydroxylation is 1. The van der Waals surface area contributed by atoms with Crippen molar-refractivity contribution in [2.24, 2.45) is 11.8 Å². The number of hydrogen-bond acceptors (Lipinski definition) is 6. The molecule has 6 atom stereocenters. The quantitative estimate of drug-likeness (QED) is 0.510. The van der Waals surface area contributed by atoms with Gasteiger partial charge in [0, 0.05) is 24.3 Å². The van der Waals surface area contributed by atoms with Crippen LogP contribution in [0.3, 0.4) is 0 Å². The number of amides is 1. The number of fused-ring (bicyclic) bond motifs is 1. The minimum Gasteiger partial charge on any atom is -0.379 e. The van der Waals surface area contributed by atoms with E-state index in [2.05, 4.69) is 27.1 Å². The Balaban J connectivity index is 1.57. The molecule has 0 radical (unpaired) electrons. The lowest BCUT2D eigenvalue weighted by molar-refractivity contribution is -0.206. The second-order valence-corrected chi connectivity index (χ2v) is 9.29. The molecule has 1 aliphatic carbocycles. The van der Waals surface area contributed by atoms with Crippen LogP contribution in [0.25, 0.3) is 0 Å².